The second-order valence-corrected chi connectivity index (χ2v) is 3.66. The maximum absolute atomic E-state index is 11.8. The van der Waals surface area contributed by atoms with Gasteiger partial charge in [-0.3, -0.25) is 4.39 Å². The van der Waals surface area contributed by atoms with Crippen LogP contribution in [0.5, 0.6) is 0 Å². The van der Waals surface area contributed by atoms with E-state index in [1.54, 1.807) is 23.9 Å². The minimum Gasteiger partial charge on any atom is -0.250 e. The Hall–Kier alpha value is -1.01. The standard InChI is InChI=1S/C10H10FNS/c11-5-6-13-8-10-3-1-9(7-12)2-4-10/h1-4H,5-6,8H2. The zero-order chi connectivity index (χ0) is 9.52. The highest BCUT2D eigenvalue weighted by atomic mass is 32.2. The number of rotatable bonds is 4. The summed E-state index contributed by atoms with van der Waals surface area (Å²) in [6, 6.07) is 9.43. The summed E-state index contributed by atoms with van der Waals surface area (Å²) < 4.78 is 11.8. The molecule has 0 aromatic heterocycles. The lowest BCUT2D eigenvalue weighted by molar-refractivity contribution is 0.533. The molecule has 0 aliphatic carbocycles. The molecule has 0 atom stereocenters. The lowest BCUT2D eigenvalue weighted by Crippen LogP contribution is -1.84. The van der Waals surface area contributed by atoms with Crippen LogP contribution in [0.1, 0.15) is 11.1 Å². The minimum absolute atomic E-state index is 0.277. The van der Waals surface area contributed by atoms with Gasteiger partial charge >= 0.3 is 0 Å². The Labute approximate surface area is 81.6 Å². The third-order valence-corrected chi connectivity index (χ3v) is 2.55. The summed E-state index contributed by atoms with van der Waals surface area (Å²) in [5.74, 6) is 1.36. The van der Waals surface area contributed by atoms with Crippen LogP contribution in [0.25, 0.3) is 0 Å². The molecule has 68 valence electrons. The van der Waals surface area contributed by atoms with Crippen molar-refractivity contribution in [3.63, 3.8) is 0 Å². The number of hydrogen-bond acceptors (Lipinski definition) is 2. The average molecular weight is 195 g/mol. The van der Waals surface area contributed by atoms with Crippen molar-refractivity contribution in [2.75, 3.05) is 12.4 Å². The van der Waals surface area contributed by atoms with Gasteiger partial charge in [-0.25, -0.2) is 0 Å². The van der Waals surface area contributed by atoms with Crippen molar-refractivity contribution in [3.05, 3.63) is 35.4 Å². The summed E-state index contributed by atoms with van der Waals surface area (Å²) in [5, 5.41) is 8.54. The summed E-state index contributed by atoms with van der Waals surface area (Å²) in [4.78, 5) is 0. The van der Waals surface area contributed by atoms with Crippen LogP contribution in [0.3, 0.4) is 0 Å². The van der Waals surface area contributed by atoms with Crippen molar-refractivity contribution in [3.8, 4) is 6.07 Å². The number of benzene rings is 1. The van der Waals surface area contributed by atoms with Gasteiger partial charge in [-0.05, 0) is 17.7 Å². The van der Waals surface area contributed by atoms with E-state index < -0.39 is 0 Å². The van der Waals surface area contributed by atoms with Crippen molar-refractivity contribution in [2.45, 2.75) is 5.75 Å². The molecule has 1 aromatic carbocycles. The van der Waals surface area contributed by atoms with Crippen molar-refractivity contribution in [1.29, 1.82) is 5.26 Å². The summed E-state index contributed by atoms with van der Waals surface area (Å²) >= 11 is 1.56. The van der Waals surface area contributed by atoms with E-state index in [4.69, 9.17) is 5.26 Å². The van der Waals surface area contributed by atoms with Crippen LogP contribution in [-0.4, -0.2) is 12.4 Å². The number of hydrogen-bond donors (Lipinski definition) is 0. The molecule has 0 amide bonds. The molecular formula is C10H10FNS. The van der Waals surface area contributed by atoms with E-state index in [-0.39, 0.29) is 6.67 Å². The van der Waals surface area contributed by atoms with Gasteiger partial charge in [0.1, 0.15) is 0 Å². The largest absolute Gasteiger partial charge is 0.250 e. The van der Waals surface area contributed by atoms with E-state index in [1.165, 1.54) is 0 Å². The summed E-state index contributed by atoms with van der Waals surface area (Å²) in [5.41, 5.74) is 1.80. The molecule has 0 heterocycles. The first-order valence-electron chi connectivity index (χ1n) is 3.99. The van der Waals surface area contributed by atoms with Crippen molar-refractivity contribution >= 4 is 11.8 Å². The van der Waals surface area contributed by atoms with Gasteiger partial charge in [0, 0.05) is 11.5 Å². The van der Waals surface area contributed by atoms with E-state index in [1.807, 2.05) is 12.1 Å². The molecule has 0 bridgehead atoms. The van der Waals surface area contributed by atoms with Gasteiger partial charge in [-0.2, -0.15) is 17.0 Å². The maximum Gasteiger partial charge on any atom is 0.0991 e. The SMILES string of the molecule is N#Cc1ccc(CSCCF)cc1. The molecule has 13 heavy (non-hydrogen) atoms. The molecule has 0 aliphatic rings. The van der Waals surface area contributed by atoms with Crippen LogP contribution in [0.15, 0.2) is 24.3 Å². The van der Waals surface area contributed by atoms with Crippen LogP contribution >= 0.6 is 11.8 Å². The van der Waals surface area contributed by atoms with Gasteiger partial charge in [0.2, 0.25) is 0 Å². The third-order valence-electron chi connectivity index (χ3n) is 1.57. The third kappa shape index (κ3) is 3.47. The molecule has 0 saturated heterocycles. The van der Waals surface area contributed by atoms with Crippen molar-refractivity contribution in [1.82, 2.24) is 0 Å². The number of alkyl halides is 1. The number of nitriles is 1. The highest BCUT2D eigenvalue weighted by Gasteiger charge is 1.94. The van der Waals surface area contributed by atoms with Crippen molar-refractivity contribution in [2.24, 2.45) is 0 Å². The highest BCUT2D eigenvalue weighted by molar-refractivity contribution is 7.98. The quantitative estimate of drug-likeness (QED) is 0.690. The molecule has 0 saturated carbocycles. The zero-order valence-corrected chi connectivity index (χ0v) is 7.98. The van der Waals surface area contributed by atoms with E-state index in [9.17, 15) is 4.39 Å². The Bertz CT molecular complexity index is 289. The van der Waals surface area contributed by atoms with E-state index in [0.717, 1.165) is 11.3 Å². The van der Waals surface area contributed by atoms with Gasteiger partial charge in [-0.1, -0.05) is 12.1 Å². The first-order chi connectivity index (χ1) is 6.36. The zero-order valence-electron chi connectivity index (χ0n) is 7.16. The molecule has 0 unspecified atom stereocenters. The first kappa shape index (κ1) is 10.1. The van der Waals surface area contributed by atoms with Crippen LogP contribution in [0, 0.1) is 11.3 Å². The van der Waals surface area contributed by atoms with Crippen LogP contribution in [-0.2, 0) is 5.75 Å². The van der Waals surface area contributed by atoms with Crippen molar-refractivity contribution < 1.29 is 4.39 Å². The van der Waals surface area contributed by atoms with Gasteiger partial charge in [0.25, 0.3) is 0 Å². The Morgan fingerprint density at radius 1 is 1.31 bits per heavy atom. The second-order valence-electron chi connectivity index (χ2n) is 2.55. The molecule has 0 fully saturated rings. The van der Waals surface area contributed by atoms with E-state index in [2.05, 4.69) is 6.07 Å². The molecular weight excluding hydrogens is 185 g/mol. The predicted molar refractivity (Wildman–Crippen MR) is 53.3 cm³/mol. The van der Waals surface area contributed by atoms with E-state index in [0.29, 0.717) is 11.3 Å². The lowest BCUT2D eigenvalue weighted by Gasteiger charge is -1.98. The Kier molecular flexibility index (Phi) is 4.34. The highest BCUT2D eigenvalue weighted by Crippen LogP contribution is 2.12. The molecule has 1 aromatic rings. The molecule has 0 radical (unpaired) electrons. The minimum atomic E-state index is -0.277. The fraction of sp³-hybridized carbons (Fsp3) is 0.300. The number of halogens is 1. The summed E-state index contributed by atoms with van der Waals surface area (Å²) in [6.45, 7) is -0.277. The molecule has 1 nitrogen and oxygen atoms in total. The average Bonchev–Trinajstić information content (AvgIpc) is 2.19. The second kappa shape index (κ2) is 5.60. The molecule has 3 heteroatoms. The topological polar surface area (TPSA) is 23.8 Å². The Morgan fingerprint density at radius 2 is 2.00 bits per heavy atom. The van der Waals surface area contributed by atoms with Crippen LogP contribution in [0.2, 0.25) is 0 Å². The molecule has 0 spiro atoms. The molecule has 1 rings (SSSR count). The monoisotopic (exact) mass is 195 g/mol. The smallest absolute Gasteiger partial charge is 0.0991 e. The predicted octanol–water partition coefficient (Wildman–Crippen LogP) is 2.76. The fourth-order valence-corrected chi connectivity index (χ4v) is 1.60. The van der Waals surface area contributed by atoms with Crippen LogP contribution < -0.4 is 0 Å². The fourth-order valence-electron chi connectivity index (χ4n) is 0.920. The Balaban J connectivity index is 2.46. The molecule has 0 aliphatic heterocycles. The van der Waals surface area contributed by atoms with Gasteiger partial charge < -0.3 is 0 Å². The molecule has 0 N–H and O–H groups in total. The number of thioether (sulfide) groups is 1. The van der Waals surface area contributed by atoms with Gasteiger partial charge in [0.15, 0.2) is 0 Å². The maximum atomic E-state index is 11.8. The van der Waals surface area contributed by atoms with E-state index >= 15 is 0 Å². The summed E-state index contributed by atoms with van der Waals surface area (Å²) in [6.07, 6.45) is 0. The summed E-state index contributed by atoms with van der Waals surface area (Å²) in [7, 11) is 0. The Morgan fingerprint density at radius 3 is 2.54 bits per heavy atom. The number of nitrogens with zero attached hydrogens (tertiary/aromatic N) is 1. The first-order valence-corrected chi connectivity index (χ1v) is 5.15. The normalized spacial score (nSPS) is 9.54. The lowest BCUT2D eigenvalue weighted by atomic mass is 10.2. The van der Waals surface area contributed by atoms with Crippen LogP contribution in [0.4, 0.5) is 4.39 Å². The van der Waals surface area contributed by atoms with Gasteiger partial charge in [-0.15, -0.1) is 0 Å². The van der Waals surface area contributed by atoms with Gasteiger partial charge in [0.05, 0.1) is 18.3 Å².